The van der Waals surface area contributed by atoms with Crippen molar-refractivity contribution in [1.29, 1.82) is 0 Å². The van der Waals surface area contributed by atoms with E-state index in [1.165, 1.54) is 15.9 Å². The van der Waals surface area contributed by atoms with Crippen LogP contribution in [-0.2, 0) is 6.42 Å². The van der Waals surface area contributed by atoms with Crippen LogP contribution >= 0.6 is 34.5 Å². The van der Waals surface area contributed by atoms with E-state index in [-0.39, 0.29) is 5.56 Å². The first-order valence-electron chi connectivity index (χ1n) is 6.34. The van der Waals surface area contributed by atoms with Crippen molar-refractivity contribution in [3.63, 3.8) is 0 Å². The van der Waals surface area contributed by atoms with E-state index in [1.54, 1.807) is 25.3 Å². The van der Waals surface area contributed by atoms with E-state index in [1.807, 2.05) is 6.92 Å². The van der Waals surface area contributed by atoms with Crippen LogP contribution in [0.15, 0.2) is 23.1 Å². The van der Waals surface area contributed by atoms with Crippen LogP contribution in [0.25, 0.3) is 16.0 Å². The molecule has 2 aromatic heterocycles. The molecule has 7 heteroatoms. The summed E-state index contributed by atoms with van der Waals surface area (Å²) in [5.74, 6) is 0.550. The predicted octanol–water partition coefficient (Wildman–Crippen LogP) is 4.02. The highest BCUT2D eigenvalue weighted by molar-refractivity contribution is 7.14. The molecule has 3 aromatic rings. The molecule has 0 spiro atoms. The molecule has 0 bridgehead atoms. The Hall–Kier alpha value is -1.43. The summed E-state index contributed by atoms with van der Waals surface area (Å²) in [7, 11) is 0. The highest BCUT2D eigenvalue weighted by atomic mass is 35.5. The number of fused-ring (bicyclic) bond motifs is 1. The number of benzene rings is 1. The number of nitrogens with zero attached hydrogens (tertiary/aromatic N) is 3. The molecule has 0 radical (unpaired) electrons. The lowest BCUT2D eigenvalue weighted by Crippen LogP contribution is -2.22. The Bertz CT molecular complexity index is 901. The molecule has 2 heterocycles. The number of rotatable bonds is 2. The van der Waals surface area contributed by atoms with Crippen molar-refractivity contribution in [2.75, 3.05) is 0 Å². The Morgan fingerprint density at radius 2 is 2.10 bits per heavy atom. The molecular weight excluding hydrogens is 329 g/mol. The molecule has 0 aliphatic carbocycles. The van der Waals surface area contributed by atoms with Crippen LogP contribution in [0.4, 0.5) is 0 Å². The molecule has 0 atom stereocenters. The molecule has 4 nitrogen and oxygen atoms in total. The molecular formula is C14H11Cl2N3OS. The number of aryl methyl sites for hydroxylation is 2. The number of hydrogen-bond acceptors (Lipinski definition) is 4. The molecule has 0 saturated carbocycles. The third-order valence-electron chi connectivity index (χ3n) is 3.14. The second kappa shape index (κ2) is 5.40. The average Bonchev–Trinajstić information content (AvgIpc) is 2.89. The lowest BCUT2D eigenvalue weighted by molar-refractivity contribution is 0.884. The molecule has 3 rings (SSSR count). The minimum atomic E-state index is -0.209. The molecule has 1 aromatic carbocycles. The van der Waals surface area contributed by atoms with Gasteiger partial charge in [-0.25, -0.2) is 14.5 Å². The van der Waals surface area contributed by atoms with Gasteiger partial charge in [-0.3, -0.25) is 4.79 Å². The van der Waals surface area contributed by atoms with Crippen LogP contribution in [0.5, 0.6) is 0 Å². The zero-order valence-electron chi connectivity index (χ0n) is 11.4. The van der Waals surface area contributed by atoms with Gasteiger partial charge in [0.05, 0.1) is 15.9 Å². The Labute approximate surface area is 135 Å². The van der Waals surface area contributed by atoms with E-state index >= 15 is 0 Å². The van der Waals surface area contributed by atoms with Gasteiger partial charge in [-0.2, -0.15) is 0 Å². The molecule has 0 N–H and O–H groups in total. The fraction of sp³-hybridized carbons (Fsp3) is 0.214. The fourth-order valence-electron chi connectivity index (χ4n) is 2.11. The van der Waals surface area contributed by atoms with Crippen LogP contribution in [-0.4, -0.2) is 14.5 Å². The van der Waals surface area contributed by atoms with Gasteiger partial charge in [-0.05, 0) is 25.5 Å². The molecule has 0 fully saturated rings. The van der Waals surface area contributed by atoms with Crippen molar-refractivity contribution in [2.45, 2.75) is 20.3 Å². The predicted molar refractivity (Wildman–Crippen MR) is 87.1 cm³/mol. The zero-order valence-corrected chi connectivity index (χ0v) is 13.7. The van der Waals surface area contributed by atoms with Crippen LogP contribution in [0.3, 0.4) is 0 Å². The summed E-state index contributed by atoms with van der Waals surface area (Å²) in [6, 6.07) is 3.17. The maximum Gasteiger partial charge on any atom is 0.267 e. The van der Waals surface area contributed by atoms with Crippen molar-refractivity contribution < 1.29 is 0 Å². The second-order valence-electron chi connectivity index (χ2n) is 4.55. The van der Waals surface area contributed by atoms with Gasteiger partial charge in [0.2, 0.25) is 0 Å². The lowest BCUT2D eigenvalue weighted by Gasteiger charge is -2.08. The highest BCUT2D eigenvalue weighted by Crippen LogP contribution is 2.26. The standard InChI is InChI=1S/C14H11Cl2N3OS/c1-3-9-6-17-14(21-9)19-7(2)18-12-10(13(19)20)4-8(15)5-11(12)16/h4-6H,3H2,1-2H3. The Balaban J connectivity index is 2.36. The molecule has 21 heavy (non-hydrogen) atoms. The van der Waals surface area contributed by atoms with Crippen molar-refractivity contribution >= 4 is 45.4 Å². The summed E-state index contributed by atoms with van der Waals surface area (Å²) in [6.07, 6.45) is 2.66. The van der Waals surface area contributed by atoms with E-state index in [4.69, 9.17) is 23.2 Å². The highest BCUT2D eigenvalue weighted by Gasteiger charge is 2.15. The Kier molecular flexibility index (Phi) is 3.73. The number of thiazole rings is 1. The molecule has 0 aliphatic rings. The topological polar surface area (TPSA) is 47.8 Å². The molecule has 108 valence electrons. The first-order chi connectivity index (χ1) is 10.0. The number of halogens is 2. The zero-order chi connectivity index (χ0) is 15.1. The second-order valence-corrected chi connectivity index (χ2v) is 6.48. The van der Waals surface area contributed by atoms with Gasteiger partial charge in [0.15, 0.2) is 5.13 Å². The van der Waals surface area contributed by atoms with Gasteiger partial charge in [0, 0.05) is 16.1 Å². The molecule has 0 saturated heterocycles. The van der Waals surface area contributed by atoms with Gasteiger partial charge >= 0.3 is 0 Å². The van der Waals surface area contributed by atoms with Gasteiger partial charge in [0.25, 0.3) is 5.56 Å². The van der Waals surface area contributed by atoms with Crippen molar-refractivity contribution in [3.05, 3.63) is 49.4 Å². The first kappa shape index (κ1) is 14.5. The van der Waals surface area contributed by atoms with Crippen LogP contribution in [0.2, 0.25) is 10.0 Å². The third kappa shape index (κ3) is 2.46. The van der Waals surface area contributed by atoms with Gasteiger partial charge < -0.3 is 0 Å². The molecule has 0 aliphatic heterocycles. The van der Waals surface area contributed by atoms with Crippen LogP contribution in [0.1, 0.15) is 17.6 Å². The number of hydrogen-bond donors (Lipinski definition) is 0. The monoisotopic (exact) mass is 339 g/mol. The summed E-state index contributed by atoms with van der Waals surface area (Å²) < 4.78 is 1.50. The normalized spacial score (nSPS) is 11.2. The number of aromatic nitrogens is 3. The maximum atomic E-state index is 12.7. The van der Waals surface area contributed by atoms with E-state index < -0.39 is 0 Å². The minimum Gasteiger partial charge on any atom is -0.268 e. The summed E-state index contributed by atoms with van der Waals surface area (Å²) in [4.78, 5) is 22.6. The largest absolute Gasteiger partial charge is 0.268 e. The van der Waals surface area contributed by atoms with Crippen LogP contribution in [0, 0.1) is 6.92 Å². The van der Waals surface area contributed by atoms with E-state index in [0.717, 1.165) is 11.3 Å². The summed E-state index contributed by atoms with van der Waals surface area (Å²) >= 11 is 13.6. The smallest absolute Gasteiger partial charge is 0.267 e. The minimum absolute atomic E-state index is 0.209. The molecule has 0 amide bonds. The van der Waals surface area contributed by atoms with Gasteiger partial charge in [-0.1, -0.05) is 30.1 Å². The summed E-state index contributed by atoms with van der Waals surface area (Å²) in [6.45, 7) is 3.81. The summed E-state index contributed by atoms with van der Waals surface area (Å²) in [5, 5.41) is 1.79. The van der Waals surface area contributed by atoms with Crippen molar-refractivity contribution in [1.82, 2.24) is 14.5 Å². The Morgan fingerprint density at radius 3 is 2.76 bits per heavy atom. The van der Waals surface area contributed by atoms with E-state index in [9.17, 15) is 4.79 Å². The fourth-order valence-corrected chi connectivity index (χ4v) is 3.54. The summed E-state index contributed by atoms with van der Waals surface area (Å²) in [5.41, 5.74) is 0.256. The third-order valence-corrected chi connectivity index (χ3v) is 4.77. The van der Waals surface area contributed by atoms with Crippen LogP contribution < -0.4 is 5.56 Å². The quantitative estimate of drug-likeness (QED) is 0.708. The molecule has 0 unspecified atom stereocenters. The van der Waals surface area contributed by atoms with Crippen molar-refractivity contribution in [2.24, 2.45) is 0 Å². The maximum absolute atomic E-state index is 12.7. The average molecular weight is 340 g/mol. The Morgan fingerprint density at radius 1 is 1.33 bits per heavy atom. The SMILES string of the molecule is CCc1cnc(-n2c(C)nc3c(Cl)cc(Cl)cc3c2=O)s1. The lowest BCUT2D eigenvalue weighted by atomic mass is 10.2. The van der Waals surface area contributed by atoms with E-state index in [0.29, 0.717) is 31.9 Å². The van der Waals surface area contributed by atoms with Gasteiger partial charge in [-0.15, -0.1) is 11.3 Å². The van der Waals surface area contributed by atoms with Gasteiger partial charge in [0.1, 0.15) is 5.82 Å². The first-order valence-corrected chi connectivity index (χ1v) is 7.92. The van der Waals surface area contributed by atoms with E-state index in [2.05, 4.69) is 9.97 Å². The van der Waals surface area contributed by atoms with Crippen molar-refractivity contribution in [3.8, 4) is 5.13 Å².